The highest BCUT2D eigenvalue weighted by Gasteiger charge is 2.50. The molecule has 0 aliphatic heterocycles. The quantitative estimate of drug-likeness (QED) is 0.241. The fourth-order valence-corrected chi connectivity index (χ4v) is 11.1. The monoisotopic (exact) mass is 678 g/mol. The SMILES string of the molecule is C[C@H](CCCC(O)c1nc2ccccc2n1C)[C@H]1CC[C@H]2/C(=C/C=C3C[C@@H](O[SiH2]C(C)(C)C)C[C@H](O[SiH2]C(C)(C)C)C3)CCC[C@]12C. The summed E-state index contributed by atoms with van der Waals surface area (Å²) >= 11 is 0. The molecule has 3 saturated carbocycles. The molecule has 5 nitrogen and oxygen atoms in total. The van der Waals surface area contributed by atoms with E-state index in [-0.39, 0.29) is 0 Å². The van der Waals surface area contributed by atoms with Crippen molar-refractivity contribution in [2.24, 2.45) is 30.2 Å². The van der Waals surface area contributed by atoms with E-state index in [0.29, 0.717) is 39.5 Å². The second-order valence-corrected chi connectivity index (χ2v) is 23.7. The van der Waals surface area contributed by atoms with Crippen LogP contribution in [0.25, 0.3) is 11.0 Å². The number of nitrogens with zero attached hydrogens (tertiary/aromatic N) is 2. The molecule has 3 fully saturated rings. The average Bonchev–Trinajstić information content (AvgIpc) is 3.54. The fraction of sp³-hybridized carbons (Fsp3) is 0.725. The average molecular weight is 679 g/mol. The van der Waals surface area contributed by atoms with Gasteiger partial charge in [0.2, 0.25) is 0 Å². The third kappa shape index (κ3) is 9.39. The zero-order chi connectivity index (χ0) is 34.0. The van der Waals surface area contributed by atoms with Crippen LogP contribution in [-0.4, -0.2) is 46.4 Å². The van der Waals surface area contributed by atoms with Gasteiger partial charge in [0.25, 0.3) is 0 Å². The maximum Gasteiger partial charge on any atom is 0.167 e. The van der Waals surface area contributed by atoms with E-state index in [1.165, 1.54) is 38.5 Å². The van der Waals surface area contributed by atoms with Crippen LogP contribution < -0.4 is 0 Å². The van der Waals surface area contributed by atoms with Crippen molar-refractivity contribution < 1.29 is 14.0 Å². The van der Waals surface area contributed by atoms with Gasteiger partial charge in [-0.3, -0.25) is 0 Å². The Morgan fingerprint density at radius 1 is 1.00 bits per heavy atom. The third-order valence-electron chi connectivity index (χ3n) is 11.5. The van der Waals surface area contributed by atoms with Crippen molar-refractivity contribution in [1.82, 2.24) is 9.55 Å². The van der Waals surface area contributed by atoms with Crippen LogP contribution in [-0.2, 0) is 15.9 Å². The van der Waals surface area contributed by atoms with Crippen LogP contribution in [0.5, 0.6) is 0 Å². The largest absolute Gasteiger partial charge is 0.420 e. The molecule has 47 heavy (non-hydrogen) atoms. The Hall–Kier alpha value is -1.52. The number of allylic oxidation sites excluding steroid dienone is 3. The van der Waals surface area contributed by atoms with Gasteiger partial charge in [0.1, 0.15) is 11.9 Å². The molecule has 0 saturated heterocycles. The number of benzene rings is 1. The summed E-state index contributed by atoms with van der Waals surface area (Å²) in [7, 11) is 0.854. The summed E-state index contributed by atoms with van der Waals surface area (Å²) in [4.78, 5) is 4.75. The standard InChI is InChI=1S/C40H66N2O3Si2/c1-27(14-12-18-36(43)37-41-34-16-10-11-17-35(34)42(37)9)32-21-22-33-29(15-13-23-40(32,33)8)20-19-28-24-30(44-46-38(2,3)4)26-31(25-28)45-47-39(5,6)7/h10-11,16-17,19-20,27,30-33,36,43H,12-15,18,21-26,46-47H2,1-9H3/b29-20+/t27-,30-,31-,32-,33+,36?,40-/m1/s1. The molecule has 1 heterocycles. The summed E-state index contributed by atoms with van der Waals surface area (Å²) in [5.74, 6) is 2.93. The van der Waals surface area contributed by atoms with Gasteiger partial charge in [-0.05, 0) is 103 Å². The number of fused-ring (bicyclic) bond motifs is 2. The van der Waals surface area contributed by atoms with Gasteiger partial charge < -0.3 is 18.5 Å². The van der Waals surface area contributed by atoms with Crippen molar-refractivity contribution >= 4 is 30.6 Å². The number of hydrogen-bond donors (Lipinski definition) is 1. The number of aliphatic hydroxyl groups excluding tert-OH is 1. The lowest BCUT2D eigenvalue weighted by Crippen LogP contribution is -2.36. The Morgan fingerprint density at radius 3 is 2.30 bits per heavy atom. The van der Waals surface area contributed by atoms with E-state index < -0.39 is 25.6 Å². The van der Waals surface area contributed by atoms with E-state index in [1.807, 2.05) is 25.2 Å². The molecule has 1 aromatic carbocycles. The number of hydrogen-bond acceptors (Lipinski definition) is 4. The van der Waals surface area contributed by atoms with Crippen LogP contribution in [0.2, 0.25) is 10.1 Å². The van der Waals surface area contributed by atoms with Gasteiger partial charge in [-0.25, -0.2) is 4.98 Å². The zero-order valence-electron chi connectivity index (χ0n) is 31.3. The molecule has 1 aromatic heterocycles. The minimum atomic E-state index is -0.585. The highest BCUT2D eigenvalue weighted by Crippen LogP contribution is 2.60. The summed E-state index contributed by atoms with van der Waals surface area (Å²) in [6.45, 7) is 19.1. The van der Waals surface area contributed by atoms with E-state index in [9.17, 15) is 5.11 Å². The summed E-state index contributed by atoms with van der Waals surface area (Å²) in [5.41, 5.74) is 5.68. The number of para-hydroxylation sites is 2. The normalized spacial score (nSPS) is 29.8. The van der Waals surface area contributed by atoms with E-state index in [2.05, 4.69) is 78.2 Å². The first-order chi connectivity index (χ1) is 22.1. The molecule has 7 atom stereocenters. The molecule has 0 amide bonds. The van der Waals surface area contributed by atoms with Crippen LogP contribution in [0, 0.1) is 23.2 Å². The van der Waals surface area contributed by atoms with Gasteiger partial charge >= 0.3 is 0 Å². The number of aliphatic hydroxyl groups is 1. The van der Waals surface area contributed by atoms with Crippen molar-refractivity contribution in [3.8, 4) is 0 Å². The molecule has 7 heteroatoms. The van der Waals surface area contributed by atoms with E-state index in [1.54, 1.807) is 11.1 Å². The fourth-order valence-electron chi connectivity index (χ4n) is 9.12. The third-order valence-corrected chi connectivity index (χ3v) is 14.5. The maximum atomic E-state index is 11.1. The lowest BCUT2D eigenvalue weighted by molar-refractivity contribution is 0.0883. The molecule has 5 rings (SSSR count). The first kappa shape index (κ1) is 36.8. The van der Waals surface area contributed by atoms with E-state index in [0.717, 1.165) is 54.9 Å². The highest BCUT2D eigenvalue weighted by atomic mass is 28.2. The molecule has 1 N–H and O–H groups in total. The van der Waals surface area contributed by atoms with E-state index in [4.69, 9.17) is 13.8 Å². The number of rotatable bonds is 11. The van der Waals surface area contributed by atoms with Gasteiger partial charge in [0, 0.05) is 7.05 Å². The number of imidazole rings is 1. The van der Waals surface area contributed by atoms with Crippen molar-refractivity contribution in [3.05, 3.63) is 53.4 Å². The molecule has 0 radical (unpaired) electrons. The minimum absolute atomic E-state index is 0.316. The Labute approximate surface area is 291 Å². The van der Waals surface area contributed by atoms with Crippen molar-refractivity contribution in [2.75, 3.05) is 0 Å². The Balaban J connectivity index is 1.21. The first-order valence-electron chi connectivity index (χ1n) is 18.8. The molecule has 2 aromatic rings. The lowest BCUT2D eigenvalue weighted by atomic mass is 9.60. The van der Waals surface area contributed by atoms with Gasteiger partial charge in [0.05, 0.1) is 23.2 Å². The van der Waals surface area contributed by atoms with Gasteiger partial charge in [0.15, 0.2) is 19.5 Å². The first-order valence-corrected chi connectivity index (χ1v) is 21.4. The van der Waals surface area contributed by atoms with Crippen LogP contribution in [0.1, 0.15) is 138 Å². The molecule has 0 spiro atoms. The maximum absolute atomic E-state index is 11.1. The Morgan fingerprint density at radius 2 is 1.66 bits per heavy atom. The van der Waals surface area contributed by atoms with Crippen LogP contribution in [0.3, 0.4) is 0 Å². The minimum Gasteiger partial charge on any atom is -0.420 e. The molecule has 3 aliphatic rings. The second-order valence-electron chi connectivity index (χ2n) is 18.2. The molecule has 3 aliphatic carbocycles. The van der Waals surface area contributed by atoms with Crippen LogP contribution >= 0.6 is 0 Å². The van der Waals surface area contributed by atoms with E-state index >= 15 is 0 Å². The van der Waals surface area contributed by atoms with Crippen molar-refractivity contribution in [2.45, 2.75) is 154 Å². The number of aromatic nitrogens is 2. The summed E-state index contributed by atoms with van der Waals surface area (Å²) < 4.78 is 15.3. The molecular weight excluding hydrogens is 613 g/mol. The van der Waals surface area contributed by atoms with Gasteiger partial charge in [-0.15, -0.1) is 0 Å². The zero-order valence-corrected chi connectivity index (χ0v) is 34.1. The predicted octanol–water partition coefficient (Wildman–Crippen LogP) is 9.04. The summed E-state index contributed by atoms with van der Waals surface area (Å²) in [6.07, 6.45) is 18.0. The van der Waals surface area contributed by atoms with Gasteiger partial charge in [-0.2, -0.15) is 0 Å². The van der Waals surface area contributed by atoms with Crippen molar-refractivity contribution in [1.29, 1.82) is 0 Å². The van der Waals surface area contributed by atoms with Crippen LogP contribution in [0.15, 0.2) is 47.6 Å². The molecular formula is C40H66N2O3Si2. The predicted molar refractivity (Wildman–Crippen MR) is 203 cm³/mol. The van der Waals surface area contributed by atoms with Gasteiger partial charge in [-0.1, -0.05) is 104 Å². The molecule has 1 unspecified atom stereocenters. The smallest absolute Gasteiger partial charge is 0.167 e. The topological polar surface area (TPSA) is 56.5 Å². The second kappa shape index (κ2) is 15.2. The summed E-state index contributed by atoms with van der Waals surface area (Å²) in [5, 5.41) is 11.7. The molecule has 0 bridgehead atoms. The Bertz CT molecular complexity index is 1370. The number of aryl methyl sites for hydroxylation is 1. The summed E-state index contributed by atoms with van der Waals surface area (Å²) in [6, 6.07) is 8.17. The molecule has 262 valence electrons. The van der Waals surface area contributed by atoms with Crippen molar-refractivity contribution in [3.63, 3.8) is 0 Å². The highest BCUT2D eigenvalue weighted by molar-refractivity contribution is 6.32. The van der Waals surface area contributed by atoms with Crippen LogP contribution in [0.4, 0.5) is 0 Å². The lowest BCUT2D eigenvalue weighted by Gasteiger charge is -2.44. The Kier molecular flexibility index (Phi) is 11.9.